The summed E-state index contributed by atoms with van der Waals surface area (Å²) in [5, 5.41) is 0. The van der Waals surface area contributed by atoms with Gasteiger partial charge in [-0.3, -0.25) is 0 Å². The van der Waals surface area contributed by atoms with Gasteiger partial charge in [-0.15, -0.1) is 0 Å². The minimum absolute atomic E-state index is 0.565. The molecule has 0 radical (unpaired) electrons. The first kappa shape index (κ1) is 6.28. The van der Waals surface area contributed by atoms with Crippen molar-refractivity contribution < 1.29 is 4.74 Å². The summed E-state index contributed by atoms with van der Waals surface area (Å²) in [4.78, 5) is 0. The molecule has 0 heterocycles. The van der Waals surface area contributed by atoms with Crippen LogP contribution in [0.4, 0.5) is 0 Å². The van der Waals surface area contributed by atoms with Crippen LogP contribution >= 0.6 is 0 Å². The van der Waals surface area contributed by atoms with E-state index in [0.717, 1.165) is 5.76 Å². The molecule has 0 aliphatic heterocycles. The van der Waals surface area contributed by atoms with Crippen LogP contribution in [-0.2, 0) is 4.74 Å². The molecule has 0 N–H and O–H groups in total. The topological polar surface area (TPSA) is 9.23 Å². The third-order valence-electron chi connectivity index (χ3n) is 0.448. The van der Waals surface area contributed by atoms with Crippen molar-refractivity contribution in [3.63, 3.8) is 0 Å². The highest BCUT2D eigenvalue weighted by Gasteiger charge is 1.75. The Balaban J connectivity index is 2.97. The molecular weight excluding hydrogens is 88.1 g/mol. The van der Waals surface area contributed by atoms with Crippen LogP contribution in [0, 0.1) is 0 Å². The second-order valence-electron chi connectivity index (χ2n) is 1.30. The summed E-state index contributed by atoms with van der Waals surface area (Å²) in [6.45, 7) is 9.36. The number of ether oxygens (including phenoxy) is 1. The molecule has 0 bridgehead atoms. The molecule has 0 rings (SSSR count). The first-order valence-electron chi connectivity index (χ1n) is 2.16. The molecular formula is C6H10O. The Labute approximate surface area is 44.3 Å². The zero-order chi connectivity index (χ0) is 5.70. The summed E-state index contributed by atoms with van der Waals surface area (Å²) < 4.78 is 4.88. The fraction of sp³-hybridized carbons (Fsp3) is 0.333. The maximum atomic E-state index is 4.88. The summed E-state index contributed by atoms with van der Waals surface area (Å²) in [6, 6.07) is 0. The molecule has 0 aromatic heterocycles. The maximum Gasteiger partial charge on any atom is 0.106 e. The summed E-state index contributed by atoms with van der Waals surface area (Å²) in [5.74, 6) is 0.736. The minimum Gasteiger partial charge on any atom is -0.495 e. The van der Waals surface area contributed by atoms with Gasteiger partial charge in [-0.2, -0.15) is 0 Å². The van der Waals surface area contributed by atoms with Crippen LogP contribution in [0.5, 0.6) is 0 Å². The molecule has 0 atom stereocenters. The summed E-state index contributed by atoms with van der Waals surface area (Å²) in [7, 11) is 0. The molecule has 0 aliphatic rings. The van der Waals surface area contributed by atoms with E-state index in [1.54, 1.807) is 6.08 Å². The van der Waals surface area contributed by atoms with E-state index in [9.17, 15) is 0 Å². The summed E-state index contributed by atoms with van der Waals surface area (Å²) >= 11 is 0. The number of hydrogen-bond donors (Lipinski definition) is 0. The molecule has 0 amide bonds. The van der Waals surface area contributed by atoms with E-state index >= 15 is 0 Å². The van der Waals surface area contributed by atoms with Gasteiger partial charge in [-0.1, -0.05) is 19.2 Å². The third kappa shape index (κ3) is 5.28. The van der Waals surface area contributed by atoms with Gasteiger partial charge in [0.1, 0.15) is 6.61 Å². The normalized spacial score (nSPS) is 7.57. The highest BCUT2D eigenvalue weighted by atomic mass is 16.5. The third-order valence-corrected chi connectivity index (χ3v) is 0.448. The van der Waals surface area contributed by atoms with E-state index in [-0.39, 0.29) is 0 Å². The maximum absolute atomic E-state index is 4.88. The quantitative estimate of drug-likeness (QED) is 0.386. The first-order valence-corrected chi connectivity index (χ1v) is 2.16. The first-order chi connectivity index (χ1) is 3.27. The van der Waals surface area contributed by atoms with E-state index in [4.69, 9.17) is 4.74 Å². The van der Waals surface area contributed by atoms with Crippen LogP contribution in [0.2, 0.25) is 0 Å². The van der Waals surface area contributed by atoms with Gasteiger partial charge < -0.3 is 4.74 Å². The molecule has 1 nitrogen and oxygen atoms in total. The Morgan fingerprint density at radius 2 is 2.43 bits per heavy atom. The zero-order valence-electron chi connectivity index (χ0n) is 4.61. The minimum atomic E-state index is 0.565. The monoisotopic (exact) mass is 98.1 g/mol. The average Bonchev–Trinajstić information content (AvgIpc) is 1.61. The average molecular weight is 98.1 g/mol. The lowest BCUT2D eigenvalue weighted by Gasteiger charge is -1.96. The van der Waals surface area contributed by atoms with Crippen LogP contribution in [0.3, 0.4) is 0 Å². The van der Waals surface area contributed by atoms with E-state index in [2.05, 4.69) is 13.2 Å². The van der Waals surface area contributed by atoms with Gasteiger partial charge >= 0.3 is 0 Å². The van der Waals surface area contributed by atoms with Crippen LogP contribution < -0.4 is 0 Å². The molecule has 0 aromatic rings. The van der Waals surface area contributed by atoms with Gasteiger partial charge in [-0.25, -0.2) is 0 Å². The second kappa shape index (κ2) is 3.47. The molecule has 1 heteroatoms. The highest BCUT2D eigenvalue weighted by molar-refractivity contribution is 4.76. The number of hydrogen-bond acceptors (Lipinski definition) is 1. The van der Waals surface area contributed by atoms with Crippen LogP contribution in [0.25, 0.3) is 0 Å². The Kier molecular flexibility index (Phi) is 3.11. The van der Waals surface area contributed by atoms with Gasteiger partial charge in [0.25, 0.3) is 0 Å². The van der Waals surface area contributed by atoms with Gasteiger partial charge in [0.05, 0.1) is 5.76 Å². The molecule has 0 saturated heterocycles. The van der Waals surface area contributed by atoms with Gasteiger partial charge in [0.15, 0.2) is 0 Å². The lowest BCUT2D eigenvalue weighted by molar-refractivity contribution is 0.252. The summed E-state index contributed by atoms with van der Waals surface area (Å²) in [6.07, 6.45) is 1.69. The lowest BCUT2D eigenvalue weighted by atomic mass is 10.6. The fourth-order valence-corrected chi connectivity index (χ4v) is 0.201. The smallest absolute Gasteiger partial charge is 0.106 e. The van der Waals surface area contributed by atoms with Gasteiger partial charge in [0.2, 0.25) is 0 Å². The van der Waals surface area contributed by atoms with Crippen LogP contribution in [0.1, 0.15) is 6.92 Å². The molecule has 0 saturated carbocycles. The van der Waals surface area contributed by atoms with Crippen molar-refractivity contribution in [3.05, 3.63) is 25.0 Å². The van der Waals surface area contributed by atoms with E-state index in [0.29, 0.717) is 6.61 Å². The van der Waals surface area contributed by atoms with Crippen molar-refractivity contribution in [2.75, 3.05) is 6.61 Å². The SMILES string of the molecule is C=CCOC(=C)C. The predicted octanol–water partition coefficient (Wildman–Crippen LogP) is 1.72. The molecule has 0 aliphatic carbocycles. The van der Waals surface area contributed by atoms with Crippen molar-refractivity contribution in [2.24, 2.45) is 0 Å². The molecule has 0 aromatic carbocycles. The van der Waals surface area contributed by atoms with Crippen LogP contribution in [0.15, 0.2) is 25.0 Å². The largest absolute Gasteiger partial charge is 0.495 e. The lowest BCUT2D eigenvalue weighted by Crippen LogP contribution is -1.83. The van der Waals surface area contributed by atoms with Crippen molar-refractivity contribution in [1.82, 2.24) is 0 Å². The van der Waals surface area contributed by atoms with Crippen molar-refractivity contribution >= 4 is 0 Å². The highest BCUT2D eigenvalue weighted by Crippen LogP contribution is 1.87. The predicted molar refractivity (Wildman–Crippen MR) is 31.0 cm³/mol. The molecule has 0 spiro atoms. The number of allylic oxidation sites excluding steroid dienone is 1. The molecule has 0 unspecified atom stereocenters. The Morgan fingerprint density at radius 1 is 1.86 bits per heavy atom. The van der Waals surface area contributed by atoms with E-state index in [1.807, 2.05) is 6.92 Å². The molecule has 7 heavy (non-hydrogen) atoms. The van der Waals surface area contributed by atoms with E-state index in [1.165, 1.54) is 0 Å². The zero-order valence-corrected chi connectivity index (χ0v) is 4.61. The summed E-state index contributed by atoms with van der Waals surface area (Å²) in [5.41, 5.74) is 0. The van der Waals surface area contributed by atoms with Crippen LogP contribution in [-0.4, -0.2) is 6.61 Å². The Hall–Kier alpha value is -0.720. The standard InChI is InChI=1S/C6H10O/c1-4-5-7-6(2)3/h4H,1-2,5H2,3H3. The van der Waals surface area contributed by atoms with Gasteiger partial charge in [0, 0.05) is 0 Å². The van der Waals surface area contributed by atoms with E-state index < -0.39 is 0 Å². The van der Waals surface area contributed by atoms with Crippen molar-refractivity contribution in [1.29, 1.82) is 0 Å². The molecule has 0 fully saturated rings. The van der Waals surface area contributed by atoms with Crippen molar-refractivity contribution in [3.8, 4) is 0 Å². The van der Waals surface area contributed by atoms with Crippen molar-refractivity contribution in [2.45, 2.75) is 6.92 Å². The second-order valence-corrected chi connectivity index (χ2v) is 1.30. The Bertz CT molecular complexity index is 74.2. The number of rotatable bonds is 3. The molecule has 40 valence electrons. The van der Waals surface area contributed by atoms with Gasteiger partial charge in [-0.05, 0) is 6.92 Å². The Morgan fingerprint density at radius 3 is 2.57 bits per heavy atom. The fourth-order valence-electron chi connectivity index (χ4n) is 0.201.